The number of H-pyrrole nitrogens is 2. The summed E-state index contributed by atoms with van der Waals surface area (Å²) in [7, 11) is 1.52. The molecule has 0 radical (unpaired) electrons. The van der Waals surface area contributed by atoms with Crippen LogP contribution in [0.4, 0.5) is 0 Å². The van der Waals surface area contributed by atoms with Crippen molar-refractivity contribution in [3.05, 3.63) is 38.9 Å². The molecule has 0 amide bonds. The molecule has 7 heteroatoms. The molecule has 0 spiro atoms. The van der Waals surface area contributed by atoms with E-state index < -0.39 is 5.56 Å². The highest BCUT2D eigenvalue weighted by atomic mass is 32.1. The van der Waals surface area contributed by atoms with Gasteiger partial charge >= 0.3 is 0 Å². The van der Waals surface area contributed by atoms with E-state index in [4.69, 9.17) is 27.0 Å². The number of hydrogen-bond acceptors (Lipinski definition) is 5. The van der Waals surface area contributed by atoms with Gasteiger partial charge in [-0.3, -0.25) is 9.78 Å². The van der Waals surface area contributed by atoms with Crippen LogP contribution in [0, 0.1) is 16.1 Å². The van der Waals surface area contributed by atoms with E-state index in [1.54, 1.807) is 18.2 Å². The number of nitrogens with one attached hydrogen (secondary N) is 2. The summed E-state index contributed by atoms with van der Waals surface area (Å²) in [5.41, 5.74) is 0.413. The molecule has 0 bridgehead atoms. The molecule has 6 nitrogen and oxygen atoms in total. The van der Waals surface area contributed by atoms with Gasteiger partial charge in [-0.2, -0.15) is 5.26 Å². The average Bonchev–Trinajstić information content (AvgIpc) is 2.47. The van der Waals surface area contributed by atoms with Crippen LogP contribution < -0.4 is 15.0 Å². The average molecular weight is 303 g/mol. The van der Waals surface area contributed by atoms with Gasteiger partial charge in [-0.05, 0) is 37.3 Å². The maximum absolute atomic E-state index is 11.8. The minimum absolute atomic E-state index is 0.0326. The number of ether oxygens (including phenoxy) is 2. The number of nitriles is 1. The van der Waals surface area contributed by atoms with Crippen LogP contribution in [0.1, 0.15) is 12.5 Å². The summed E-state index contributed by atoms with van der Waals surface area (Å²) in [5.74, 6) is 1.10. The molecule has 2 rings (SSSR count). The predicted octanol–water partition coefficient (Wildman–Crippen LogP) is 2.38. The van der Waals surface area contributed by atoms with Crippen molar-refractivity contribution in [1.82, 2.24) is 9.97 Å². The van der Waals surface area contributed by atoms with Gasteiger partial charge in [-0.25, -0.2) is 0 Å². The van der Waals surface area contributed by atoms with Crippen molar-refractivity contribution in [2.45, 2.75) is 6.92 Å². The molecule has 0 aliphatic rings. The van der Waals surface area contributed by atoms with Gasteiger partial charge in [0.2, 0.25) is 0 Å². The van der Waals surface area contributed by atoms with E-state index in [0.29, 0.717) is 29.4 Å². The van der Waals surface area contributed by atoms with Gasteiger partial charge < -0.3 is 14.5 Å². The standard InChI is InChI=1S/C14H13N3O3S/c1-3-20-10-5-4-8(6-11(10)19-2)12-9(7-15)13(18)17-14(21)16-12/h4-6H,3H2,1-2H3,(H2,16,17,18,21). The van der Waals surface area contributed by atoms with Gasteiger partial charge in [-0.1, -0.05) is 0 Å². The second-order valence-corrected chi connectivity index (χ2v) is 4.48. The zero-order valence-corrected chi connectivity index (χ0v) is 12.3. The molecule has 0 aliphatic heterocycles. The fraction of sp³-hybridized carbons (Fsp3) is 0.214. The molecule has 0 fully saturated rings. The number of aromatic amines is 2. The Balaban J connectivity index is 2.66. The van der Waals surface area contributed by atoms with Crippen molar-refractivity contribution < 1.29 is 9.47 Å². The Labute approximate surface area is 126 Å². The van der Waals surface area contributed by atoms with Crippen LogP contribution in [0.15, 0.2) is 23.0 Å². The van der Waals surface area contributed by atoms with Crippen LogP contribution in [0.2, 0.25) is 0 Å². The molecule has 0 saturated heterocycles. The van der Waals surface area contributed by atoms with E-state index in [1.807, 2.05) is 13.0 Å². The third-order valence-electron chi connectivity index (χ3n) is 2.81. The fourth-order valence-electron chi connectivity index (χ4n) is 1.91. The molecule has 1 heterocycles. The second-order valence-electron chi connectivity index (χ2n) is 4.07. The second kappa shape index (κ2) is 6.24. The Morgan fingerprint density at radius 1 is 1.33 bits per heavy atom. The van der Waals surface area contributed by atoms with E-state index in [-0.39, 0.29) is 10.3 Å². The molecule has 0 aliphatic carbocycles. The summed E-state index contributed by atoms with van der Waals surface area (Å²) in [5, 5.41) is 9.14. The van der Waals surface area contributed by atoms with Crippen molar-refractivity contribution in [2.75, 3.05) is 13.7 Å². The lowest BCUT2D eigenvalue weighted by atomic mass is 10.1. The minimum atomic E-state index is -0.524. The Morgan fingerprint density at radius 3 is 2.71 bits per heavy atom. The largest absolute Gasteiger partial charge is 0.493 e. The first kappa shape index (κ1) is 14.8. The lowest BCUT2D eigenvalue weighted by molar-refractivity contribution is 0.311. The van der Waals surface area contributed by atoms with Gasteiger partial charge in [0.1, 0.15) is 11.6 Å². The van der Waals surface area contributed by atoms with Gasteiger partial charge in [0.15, 0.2) is 16.3 Å². The van der Waals surface area contributed by atoms with Crippen molar-refractivity contribution in [3.63, 3.8) is 0 Å². The molecule has 1 aromatic carbocycles. The third kappa shape index (κ3) is 2.95. The summed E-state index contributed by atoms with van der Waals surface area (Å²) in [6.07, 6.45) is 0. The Bertz CT molecular complexity index is 817. The smallest absolute Gasteiger partial charge is 0.270 e. The monoisotopic (exact) mass is 303 g/mol. The molecule has 0 saturated carbocycles. The summed E-state index contributed by atoms with van der Waals surface area (Å²) in [6, 6.07) is 7.01. The van der Waals surface area contributed by atoms with Crippen molar-refractivity contribution in [1.29, 1.82) is 5.26 Å². The van der Waals surface area contributed by atoms with Crippen LogP contribution in [-0.4, -0.2) is 23.7 Å². The molecular formula is C14H13N3O3S. The number of methoxy groups -OCH3 is 1. The van der Waals surface area contributed by atoms with Crippen molar-refractivity contribution >= 4 is 12.2 Å². The zero-order valence-electron chi connectivity index (χ0n) is 11.5. The highest BCUT2D eigenvalue weighted by Crippen LogP contribution is 2.32. The number of aromatic nitrogens is 2. The number of rotatable bonds is 4. The van der Waals surface area contributed by atoms with E-state index in [1.165, 1.54) is 7.11 Å². The van der Waals surface area contributed by atoms with Crippen LogP contribution in [0.3, 0.4) is 0 Å². The number of hydrogen-bond donors (Lipinski definition) is 2. The maximum atomic E-state index is 11.8. The number of nitrogens with zero attached hydrogens (tertiary/aromatic N) is 1. The van der Waals surface area contributed by atoms with Crippen molar-refractivity contribution in [3.8, 4) is 28.8 Å². The first-order chi connectivity index (χ1) is 10.1. The first-order valence-corrected chi connectivity index (χ1v) is 6.59. The molecule has 0 unspecified atom stereocenters. The molecule has 0 atom stereocenters. The van der Waals surface area contributed by atoms with Crippen LogP contribution in [-0.2, 0) is 0 Å². The highest BCUT2D eigenvalue weighted by Gasteiger charge is 2.13. The molecule has 108 valence electrons. The molecule has 2 aromatic rings. The van der Waals surface area contributed by atoms with Gasteiger partial charge in [0, 0.05) is 5.56 Å². The van der Waals surface area contributed by atoms with E-state index in [0.717, 1.165) is 0 Å². The molecule has 1 aromatic heterocycles. The maximum Gasteiger partial charge on any atom is 0.270 e. The molecule has 2 N–H and O–H groups in total. The lowest BCUT2D eigenvalue weighted by Gasteiger charge is -2.11. The predicted molar refractivity (Wildman–Crippen MR) is 80.1 cm³/mol. The van der Waals surface area contributed by atoms with E-state index in [2.05, 4.69) is 9.97 Å². The summed E-state index contributed by atoms with van der Waals surface area (Å²) in [6.45, 7) is 2.38. The van der Waals surface area contributed by atoms with Crippen LogP contribution >= 0.6 is 12.2 Å². The molecular weight excluding hydrogens is 290 g/mol. The normalized spacial score (nSPS) is 9.95. The van der Waals surface area contributed by atoms with Crippen molar-refractivity contribution in [2.24, 2.45) is 0 Å². The third-order valence-corrected chi connectivity index (χ3v) is 3.01. The Morgan fingerprint density at radius 2 is 2.10 bits per heavy atom. The topological polar surface area (TPSA) is 90.9 Å². The van der Waals surface area contributed by atoms with Gasteiger partial charge in [-0.15, -0.1) is 0 Å². The summed E-state index contributed by atoms with van der Waals surface area (Å²) >= 11 is 4.95. The van der Waals surface area contributed by atoms with Gasteiger partial charge in [0.25, 0.3) is 5.56 Å². The van der Waals surface area contributed by atoms with Crippen LogP contribution in [0.5, 0.6) is 11.5 Å². The van der Waals surface area contributed by atoms with Gasteiger partial charge in [0.05, 0.1) is 19.4 Å². The zero-order chi connectivity index (χ0) is 15.4. The quantitative estimate of drug-likeness (QED) is 0.846. The summed E-state index contributed by atoms with van der Waals surface area (Å²) < 4.78 is 10.8. The minimum Gasteiger partial charge on any atom is -0.493 e. The molecule has 21 heavy (non-hydrogen) atoms. The van der Waals surface area contributed by atoms with Crippen LogP contribution in [0.25, 0.3) is 11.3 Å². The lowest BCUT2D eigenvalue weighted by Crippen LogP contribution is -2.13. The van der Waals surface area contributed by atoms with E-state index in [9.17, 15) is 4.79 Å². The first-order valence-electron chi connectivity index (χ1n) is 6.18. The Kier molecular flexibility index (Phi) is 4.40. The highest BCUT2D eigenvalue weighted by molar-refractivity contribution is 7.71. The number of benzene rings is 1. The SMILES string of the molecule is CCOc1ccc(-c2[nH]c(=S)[nH]c(=O)c2C#N)cc1OC. The Hall–Kier alpha value is -2.59. The summed E-state index contributed by atoms with van der Waals surface area (Å²) in [4.78, 5) is 17.0. The van der Waals surface area contributed by atoms with E-state index >= 15 is 0 Å². The fourth-order valence-corrected chi connectivity index (χ4v) is 2.10.